The molecule has 2 rings (SSSR count). The van der Waals surface area contributed by atoms with E-state index in [-0.39, 0.29) is 0 Å². The molecule has 0 fully saturated rings. The minimum absolute atomic E-state index is 0.597. The summed E-state index contributed by atoms with van der Waals surface area (Å²) in [7, 11) is 0. The maximum atomic E-state index is 5.07. The first-order valence-corrected chi connectivity index (χ1v) is 4.72. The third kappa shape index (κ3) is 2.88. The third-order valence-electron chi connectivity index (χ3n) is 1.88. The molecule has 2 aromatic rings. The van der Waals surface area contributed by atoms with Crippen LogP contribution in [0.4, 0.5) is 0 Å². The fraction of sp³-hybridized carbons (Fsp3) is 0.444. The molecule has 0 saturated carbocycles. The van der Waals surface area contributed by atoms with Crippen LogP contribution in [-0.2, 0) is 13.0 Å². The van der Waals surface area contributed by atoms with Crippen molar-refractivity contribution in [1.29, 1.82) is 0 Å². The van der Waals surface area contributed by atoms with Crippen LogP contribution in [0.1, 0.15) is 17.5 Å². The molecule has 0 bridgehead atoms. The Morgan fingerprint density at radius 2 is 2.40 bits per heavy atom. The van der Waals surface area contributed by atoms with Crippen molar-refractivity contribution in [1.82, 2.24) is 20.4 Å². The van der Waals surface area contributed by atoms with Crippen LogP contribution in [0.15, 0.2) is 21.5 Å². The Morgan fingerprint density at radius 3 is 3.07 bits per heavy atom. The smallest absolute Gasteiger partial charge is 0.223 e. The summed E-state index contributed by atoms with van der Waals surface area (Å²) in [6.45, 7) is 3.22. The van der Waals surface area contributed by atoms with Crippen molar-refractivity contribution >= 4 is 0 Å². The van der Waals surface area contributed by atoms with Gasteiger partial charge in [0.05, 0.1) is 12.7 Å². The molecular weight excluding hydrogens is 196 g/mol. The van der Waals surface area contributed by atoms with Gasteiger partial charge in [-0.1, -0.05) is 5.16 Å². The van der Waals surface area contributed by atoms with Gasteiger partial charge in [0, 0.05) is 19.9 Å². The van der Waals surface area contributed by atoms with Crippen LogP contribution in [0.5, 0.6) is 0 Å². The summed E-state index contributed by atoms with van der Waals surface area (Å²) in [6, 6.07) is 0. The number of hydrogen-bond donors (Lipinski definition) is 1. The second kappa shape index (κ2) is 4.70. The Balaban J connectivity index is 1.67. The van der Waals surface area contributed by atoms with Crippen molar-refractivity contribution in [3.05, 3.63) is 30.1 Å². The highest BCUT2D eigenvalue weighted by atomic mass is 16.5. The molecule has 0 aliphatic heterocycles. The van der Waals surface area contributed by atoms with Crippen LogP contribution in [0.3, 0.4) is 0 Å². The van der Waals surface area contributed by atoms with Crippen molar-refractivity contribution < 1.29 is 8.94 Å². The second-order valence-corrected chi connectivity index (χ2v) is 3.12. The monoisotopic (exact) mass is 208 g/mol. The van der Waals surface area contributed by atoms with Gasteiger partial charge in [0.2, 0.25) is 5.89 Å². The van der Waals surface area contributed by atoms with Crippen molar-refractivity contribution in [2.45, 2.75) is 19.9 Å². The lowest BCUT2D eigenvalue weighted by atomic mass is 10.4. The number of aromatic nitrogens is 3. The fourth-order valence-corrected chi connectivity index (χ4v) is 1.18. The average molecular weight is 208 g/mol. The Morgan fingerprint density at radius 1 is 1.47 bits per heavy atom. The molecule has 0 unspecified atom stereocenters. The van der Waals surface area contributed by atoms with Crippen molar-refractivity contribution in [2.75, 3.05) is 6.54 Å². The number of nitrogens with one attached hydrogen (secondary N) is 1. The van der Waals surface area contributed by atoms with Gasteiger partial charge in [-0.05, 0) is 0 Å². The van der Waals surface area contributed by atoms with E-state index in [9.17, 15) is 0 Å². The largest absolute Gasteiger partial charge is 0.447 e. The highest BCUT2D eigenvalue weighted by Crippen LogP contribution is 1.97. The second-order valence-electron chi connectivity index (χ2n) is 3.12. The third-order valence-corrected chi connectivity index (χ3v) is 1.88. The molecule has 0 saturated heterocycles. The molecule has 15 heavy (non-hydrogen) atoms. The Kier molecular flexibility index (Phi) is 3.08. The zero-order valence-electron chi connectivity index (χ0n) is 8.43. The lowest BCUT2D eigenvalue weighted by Gasteiger charge is -1.98. The van der Waals surface area contributed by atoms with E-state index < -0.39 is 0 Å². The quantitative estimate of drug-likeness (QED) is 0.729. The van der Waals surface area contributed by atoms with E-state index in [0.29, 0.717) is 12.4 Å². The van der Waals surface area contributed by atoms with Crippen LogP contribution in [-0.4, -0.2) is 21.7 Å². The van der Waals surface area contributed by atoms with Gasteiger partial charge in [0.25, 0.3) is 0 Å². The van der Waals surface area contributed by atoms with E-state index in [1.165, 1.54) is 6.39 Å². The Hall–Kier alpha value is -1.69. The first-order chi connectivity index (χ1) is 7.34. The molecule has 2 heterocycles. The molecule has 0 aliphatic rings. The summed E-state index contributed by atoms with van der Waals surface area (Å²) in [5, 5.41) is 6.98. The Bertz CT molecular complexity index is 396. The molecule has 1 N–H and O–H groups in total. The number of hydrogen-bond acceptors (Lipinski definition) is 6. The van der Waals surface area contributed by atoms with E-state index in [1.54, 1.807) is 13.1 Å². The van der Waals surface area contributed by atoms with Crippen molar-refractivity contribution in [3.63, 3.8) is 0 Å². The summed E-state index contributed by atoms with van der Waals surface area (Å²) in [4.78, 5) is 7.91. The average Bonchev–Trinajstić information content (AvgIpc) is 2.84. The molecule has 0 aliphatic carbocycles. The SMILES string of the molecule is Cc1nc(CCNCc2cnco2)no1. The molecular formula is C9H12N4O2. The predicted molar refractivity (Wildman–Crippen MR) is 50.9 cm³/mol. The number of nitrogens with zero attached hydrogens (tertiary/aromatic N) is 3. The summed E-state index contributed by atoms with van der Waals surface area (Å²) >= 11 is 0. The summed E-state index contributed by atoms with van der Waals surface area (Å²) < 4.78 is 9.92. The molecule has 2 aromatic heterocycles. The predicted octanol–water partition coefficient (Wildman–Crippen LogP) is 0.698. The van der Waals surface area contributed by atoms with Crippen LogP contribution in [0.2, 0.25) is 0 Å². The van der Waals surface area contributed by atoms with Gasteiger partial charge in [0.1, 0.15) is 5.76 Å². The van der Waals surface area contributed by atoms with E-state index in [1.807, 2.05) is 0 Å². The minimum atomic E-state index is 0.597. The van der Waals surface area contributed by atoms with E-state index in [0.717, 1.165) is 24.6 Å². The van der Waals surface area contributed by atoms with Gasteiger partial charge in [0.15, 0.2) is 12.2 Å². The highest BCUT2D eigenvalue weighted by molar-refractivity contribution is 4.88. The summed E-state index contributed by atoms with van der Waals surface area (Å²) in [5.74, 6) is 2.14. The van der Waals surface area contributed by atoms with Crippen LogP contribution >= 0.6 is 0 Å². The van der Waals surface area contributed by atoms with Gasteiger partial charge in [-0.3, -0.25) is 0 Å². The molecule has 0 radical (unpaired) electrons. The van der Waals surface area contributed by atoms with Crippen molar-refractivity contribution in [3.8, 4) is 0 Å². The lowest BCUT2D eigenvalue weighted by molar-refractivity contribution is 0.386. The van der Waals surface area contributed by atoms with Gasteiger partial charge in [-0.15, -0.1) is 0 Å². The van der Waals surface area contributed by atoms with Gasteiger partial charge in [-0.25, -0.2) is 4.98 Å². The fourth-order valence-electron chi connectivity index (χ4n) is 1.18. The topological polar surface area (TPSA) is 77.0 Å². The zero-order chi connectivity index (χ0) is 10.5. The summed E-state index contributed by atoms with van der Waals surface area (Å²) in [6.07, 6.45) is 3.84. The first-order valence-electron chi connectivity index (χ1n) is 4.72. The molecule has 0 atom stereocenters. The number of oxazole rings is 1. The maximum absolute atomic E-state index is 5.07. The molecule has 6 heteroatoms. The highest BCUT2D eigenvalue weighted by Gasteiger charge is 2.01. The zero-order valence-corrected chi connectivity index (χ0v) is 8.43. The van der Waals surface area contributed by atoms with Gasteiger partial charge in [-0.2, -0.15) is 4.98 Å². The molecule has 0 amide bonds. The lowest BCUT2D eigenvalue weighted by Crippen LogP contribution is -2.16. The number of rotatable bonds is 5. The molecule has 6 nitrogen and oxygen atoms in total. The van der Waals surface area contributed by atoms with Crippen LogP contribution < -0.4 is 5.32 Å². The van der Waals surface area contributed by atoms with E-state index in [4.69, 9.17) is 8.94 Å². The molecule has 0 spiro atoms. The van der Waals surface area contributed by atoms with E-state index in [2.05, 4.69) is 20.4 Å². The van der Waals surface area contributed by atoms with Gasteiger partial charge < -0.3 is 14.3 Å². The normalized spacial score (nSPS) is 10.7. The first kappa shape index (κ1) is 9.85. The Labute approximate surface area is 86.7 Å². The minimum Gasteiger partial charge on any atom is -0.447 e. The van der Waals surface area contributed by atoms with Gasteiger partial charge >= 0.3 is 0 Å². The maximum Gasteiger partial charge on any atom is 0.223 e. The standard InChI is InChI=1S/C9H12N4O2/c1-7-12-9(13-15-7)2-3-10-4-8-5-11-6-14-8/h5-6,10H,2-4H2,1H3. The molecule has 0 aromatic carbocycles. The van der Waals surface area contributed by atoms with Crippen LogP contribution in [0.25, 0.3) is 0 Å². The van der Waals surface area contributed by atoms with Crippen molar-refractivity contribution in [2.24, 2.45) is 0 Å². The van der Waals surface area contributed by atoms with Crippen LogP contribution in [0, 0.1) is 6.92 Å². The summed E-state index contributed by atoms with van der Waals surface area (Å²) in [5.41, 5.74) is 0. The van der Waals surface area contributed by atoms with E-state index >= 15 is 0 Å². The molecule has 80 valence electrons. The number of aryl methyl sites for hydroxylation is 1.